The Morgan fingerprint density at radius 1 is 1.12 bits per heavy atom. The van der Waals surface area contributed by atoms with Crippen LogP contribution in [0.5, 0.6) is 5.75 Å². The molecule has 0 aliphatic carbocycles. The van der Waals surface area contributed by atoms with E-state index in [1.54, 1.807) is 0 Å². The van der Waals surface area contributed by atoms with Gasteiger partial charge in [-0.1, -0.05) is 42.5 Å². The minimum Gasteiger partial charge on any atom is -0.492 e. The Morgan fingerprint density at radius 3 is 2.44 bits per heavy atom. The zero-order chi connectivity index (χ0) is 18.1. The Hall–Kier alpha value is -2.37. The van der Waals surface area contributed by atoms with E-state index >= 15 is 0 Å². The number of hydrogen-bond acceptors (Lipinski definition) is 5. The lowest BCUT2D eigenvalue weighted by molar-refractivity contribution is -0.139. The number of aliphatic hydroxyl groups excluding tert-OH is 1. The maximum atomic E-state index is 11.2. The Balaban J connectivity index is 1.72. The maximum Gasteiger partial charge on any atom is 0.309 e. The summed E-state index contributed by atoms with van der Waals surface area (Å²) < 4.78 is 10.4. The number of carbonyl (C=O) groups is 1. The van der Waals surface area contributed by atoms with Gasteiger partial charge in [-0.05, 0) is 30.2 Å². The normalized spacial score (nSPS) is 13.1. The predicted octanol–water partition coefficient (Wildman–Crippen LogP) is 2.49. The number of methoxy groups -OCH3 is 1. The fraction of sp³-hybridized carbons (Fsp3) is 0.350. The molecule has 0 saturated heterocycles. The van der Waals surface area contributed by atoms with Gasteiger partial charge in [-0.3, -0.25) is 4.79 Å². The molecule has 0 fully saturated rings. The van der Waals surface area contributed by atoms with Gasteiger partial charge in [0.25, 0.3) is 0 Å². The third-order valence-electron chi connectivity index (χ3n) is 3.84. The van der Waals surface area contributed by atoms with Crippen molar-refractivity contribution in [3.63, 3.8) is 0 Å². The minimum absolute atomic E-state index is 0.0908. The van der Waals surface area contributed by atoms with Crippen molar-refractivity contribution in [1.29, 1.82) is 0 Å². The van der Waals surface area contributed by atoms with Crippen molar-refractivity contribution >= 4 is 5.97 Å². The molecule has 0 saturated carbocycles. The van der Waals surface area contributed by atoms with Crippen molar-refractivity contribution in [2.24, 2.45) is 0 Å². The van der Waals surface area contributed by atoms with Gasteiger partial charge in [-0.15, -0.1) is 0 Å². The van der Waals surface area contributed by atoms with E-state index < -0.39 is 6.10 Å². The summed E-state index contributed by atoms with van der Waals surface area (Å²) in [5.41, 5.74) is 1.78. The second kappa shape index (κ2) is 9.81. The molecular weight excluding hydrogens is 318 g/mol. The highest BCUT2D eigenvalue weighted by Crippen LogP contribution is 2.14. The summed E-state index contributed by atoms with van der Waals surface area (Å²) in [6, 6.07) is 17.0. The van der Waals surface area contributed by atoms with Crippen LogP contribution in [0, 0.1) is 0 Å². The second-order valence-electron chi connectivity index (χ2n) is 5.94. The Morgan fingerprint density at radius 2 is 1.80 bits per heavy atom. The summed E-state index contributed by atoms with van der Waals surface area (Å²) in [6.07, 6.45) is -0.284. The SMILES string of the molecule is COC(=O)Cc1ccc(OC[C@@H](C)NC[C@H](O)c2ccccc2)cc1. The van der Waals surface area contributed by atoms with Crippen molar-refractivity contribution in [3.05, 3.63) is 65.7 Å². The number of rotatable bonds is 9. The first-order valence-electron chi connectivity index (χ1n) is 8.33. The van der Waals surface area contributed by atoms with Crippen LogP contribution >= 0.6 is 0 Å². The number of carbonyl (C=O) groups excluding carboxylic acids is 1. The topological polar surface area (TPSA) is 67.8 Å². The van der Waals surface area contributed by atoms with E-state index in [4.69, 9.17) is 4.74 Å². The first kappa shape index (κ1) is 19.0. The van der Waals surface area contributed by atoms with Gasteiger partial charge in [0.05, 0.1) is 19.6 Å². The van der Waals surface area contributed by atoms with Crippen LogP contribution in [0.3, 0.4) is 0 Å². The van der Waals surface area contributed by atoms with Crippen LogP contribution in [0.25, 0.3) is 0 Å². The largest absolute Gasteiger partial charge is 0.492 e. The number of aliphatic hydroxyl groups is 1. The van der Waals surface area contributed by atoms with Crippen molar-refractivity contribution in [2.45, 2.75) is 25.5 Å². The molecule has 5 nitrogen and oxygen atoms in total. The molecule has 0 amide bonds. The van der Waals surface area contributed by atoms with Gasteiger partial charge in [0.1, 0.15) is 12.4 Å². The van der Waals surface area contributed by atoms with Crippen molar-refractivity contribution < 1.29 is 19.4 Å². The van der Waals surface area contributed by atoms with Crippen LogP contribution in [-0.2, 0) is 16.0 Å². The lowest BCUT2D eigenvalue weighted by Gasteiger charge is -2.18. The Kier molecular flexibility index (Phi) is 7.44. The summed E-state index contributed by atoms with van der Waals surface area (Å²) in [5, 5.41) is 13.4. The van der Waals surface area contributed by atoms with Crippen LogP contribution in [0.2, 0.25) is 0 Å². The maximum absolute atomic E-state index is 11.2. The summed E-state index contributed by atoms with van der Waals surface area (Å²) >= 11 is 0. The molecule has 25 heavy (non-hydrogen) atoms. The summed E-state index contributed by atoms with van der Waals surface area (Å²) in [5.74, 6) is 0.481. The molecule has 0 aliphatic heterocycles. The highest BCUT2D eigenvalue weighted by atomic mass is 16.5. The van der Waals surface area contributed by atoms with Gasteiger partial charge in [0.15, 0.2) is 0 Å². The van der Waals surface area contributed by atoms with Gasteiger partial charge in [-0.2, -0.15) is 0 Å². The minimum atomic E-state index is -0.541. The number of esters is 1. The fourth-order valence-electron chi connectivity index (χ4n) is 2.33. The first-order valence-corrected chi connectivity index (χ1v) is 8.33. The van der Waals surface area contributed by atoms with Gasteiger partial charge in [0.2, 0.25) is 0 Å². The fourth-order valence-corrected chi connectivity index (χ4v) is 2.33. The molecule has 2 rings (SSSR count). The van der Waals surface area contributed by atoms with Gasteiger partial charge >= 0.3 is 5.97 Å². The monoisotopic (exact) mass is 343 g/mol. The molecule has 0 spiro atoms. The summed E-state index contributed by atoms with van der Waals surface area (Å²) in [4.78, 5) is 11.2. The van der Waals surface area contributed by atoms with Crippen LogP contribution in [0.4, 0.5) is 0 Å². The average Bonchev–Trinajstić information content (AvgIpc) is 2.66. The quantitative estimate of drug-likeness (QED) is 0.685. The van der Waals surface area contributed by atoms with Crippen LogP contribution in [-0.4, -0.2) is 37.4 Å². The number of nitrogens with one attached hydrogen (secondary N) is 1. The van der Waals surface area contributed by atoms with Gasteiger partial charge in [0, 0.05) is 12.6 Å². The first-order chi connectivity index (χ1) is 12.1. The lowest BCUT2D eigenvalue weighted by Crippen LogP contribution is -2.34. The summed E-state index contributed by atoms with van der Waals surface area (Å²) in [7, 11) is 1.38. The van der Waals surface area contributed by atoms with Gasteiger partial charge in [-0.25, -0.2) is 0 Å². The average molecular weight is 343 g/mol. The number of ether oxygens (including phenoxy) is 2. The van der Waals surface area contributed by atoms with Crippen LogP contribution in [0.1, 0.15) is 24.2 Å². The molecule has 0 radical (unpaired) electrons. The molecule has 2 aromatic carbocycles. The number of benzene rings is 2. The van der Waals surface area contributed by atoms with E-state index in [0.717, 1.165) is 16.9 Å². The zero-order valence-corrected chi connectivity index (χ0v) is 14.6. The molecule has 2 aromatic rings. The third-order valence-corrected chi connectivity index (χ3v) is 3.84. The van der Waals surface area contributed by atoms with Crippen molar-refractivity contribution in [2.75, 3.05) is 20.3 Å². The van der Waals surface area contributed by atoms with E-state index in [-0.39, 0.29) is 18.4 Å². The smallest absolute Gasteiger partial charge is 0.309 e. The van der Waals surface area contributed by atoms with E-state index in [1.165, 1.54) is 7.11 Å². The number of hydrogen-bond donors (Lipinski definition) is 2. The van der Waals surface area contributed by atoms with Crippen LogP contribution in [0.15, 0.2) is 54.6 Å². The van der Waals surface area contributed by atoms with E-state index in [0.29, 0.717) is 13.2 Å². The molecule has 5 heteroatoms. The molecular formula is C20H25NO4. The van der Waals surface area contributed by atoms with Crippen LogP contribution < -0.4 is 10.1 Å². The lowest BCUT2D eigenvalue weighted by atomic mass is 10.1. The Bertz CT molecular complexity index is 643. The molecule has 0 heterocycles. The highest BCUT2D eigenvalue weighted by Gasteiger charge is 2.09. The highest BCUT2D eigenvalue weighted by molar-refractivity contribution is 5.72. The second-order valence-corrected chi connectivity index (χ2v) is 5.94. The van der Waals surface area contributed by atoms with E-state index in [9.17, 15) is 9.90 Å². The Labute approximate surface area is 148 Å². The summed E-state index contributed by atoms with van der Waals surface area (Å²) in [6.45, 7) is 2.95. The molecule has 0 aromatic heterocycles. The van der Waals surface area contributed by atoms with Crippen molar-refractivity contribution in [3.8, 4) is 5.75 Å². The predicted molar refractivity (Wildman–Crippen MR) is 96.5 cm³/mol. The third kappa shape index (κ3) is 6.57. The standard InChI is InChI=1S/C20H25NO4/c1-15(21-13-19(22)17-6-4-3-5-7-17)14-25-18-10-8-16(9-11-18)12-20(23)24-2/h3-11,15,19,21-22H,12-14H2,1-2H3/t15-,19+/m1/s1. The van der Waals surface area contributed by atoms with Crippen molar-refractivity contribution in [1.82, 2.24) is 5.32 Å². The molecule has 2 atom stereocenters. The molecule has 134 valence electrons. The van der Waals surface area contributed by atoms with E-state index in [1.807, 2.05) is 61.5 Å². The molecule has 2 N–H and O–H groups in total. The zero-order valence-electron chi connectivity index (χ0n) is 14.6. The van der Waals surface area contributed by atoms with E-state index in [2.05, 4.69) is 10.1 Å². The van der Waals surface area contributed by atoms with Gasteiger partial charge < -0.3 is 19.9 Å². The molecule has 0 aliphatic rings. The molecule has 0 bridgehead atoms. The molecule has 0 unspecified atom stereocenters.